The van der Waals surface area contributed by atoms with Crippen molar-refractivity contribution in [1.29, 1.82) is 0 Å². The molecule has 1 saturated heterocycles. The van der Waals surface area contributed by atoms with Gasteiger partial charge in [0.2, 0.25) is 11.8 Å². The van der Waals surface area contributed by atoms with Crippen molar-refractivity contribution in [2.75, 3.05) is 13.1 Å². The molecule has 0 bridgehead atoms. The largest absolute Gasteiger partial charge is 0.349 e. The Kier molecular flexibility index (Phi) is 6.58. The van der Waals surface area contributed by atoms with E-state index in [4.69, 9.17) is 0 Å². The highest BCUT2D eigenvalue weighted by Crippen LogP contribution is 2.24. The van der Waals surface area contributed by atoms with E-state index in [0.29, 0.717) is 25.9 Å². The maximum atomic E-state index is 12.8. The molecule has 0 aromatic heterocycles. The number of piperidine rings is 1. The summed E-state index contributed by atoms with van der Waals surface area (Å²) in [6, 6.07) is 18.5. The Labute approximate surface area is 165 Å². The van der Waals surface area contributed by atoms with Gasteiger partial charge in [0, 0.05) is 31.5 Å². The Morgan fingerprint density at radius 3 is 2.11 bits per heavy atom. The average molecular weight is 378 g/mol. The van der Waals surface area contributed by atoms with Gasteiger partial charge in [0.15, 0.2) is 5.78 Å². The topological polar surface area (TPSA) is 66.5 Å². The third-order valence-electron chi connectivity index (χ3n) is 5.23. The first-order valence-electron chi connectivity index (χ1n) is 9.73. The zero-order valence-electron chi connectivity index (χ0n) is 16.1. The highest BCUT2D eigenvalue weighted by molar-refractivity contribution is 5.98. The van der Waals surface area contributed by atoms with Gasteiger partial charge in [-0.3, -0.25) is 14.4 Å². The van der Waals surface area contributed by atoms with Crippen molar-refractivity contribution in [3.63, 3.8) is 0 Å². The first kappa shape index (κ1) is 19.8. The molecule has 0 saturated carbocycles. The molecule has 1 N–H and O–H groups in total. The quantitative estimate of drug-likeness (QED) is 0.784. The zero-order chi connectivity index (χ0) is 19.9. The lowest BCUT2D eigenvalue weighted by Gasteiger charge is -2.32. The van der Waals surface area contributed by atoms with Crippen LogP contribution in [0.15, 0.2) is 60.7 Å². The monoisotopic (exact) mass is 378 g/mol. The molecule has 5 nitrogen and oxygen atoms in total. The van der Waals surface area contributed by atoms with Gasteiger partial charge in [-0.2, -0.15) is 0 Å². The highest BCUT2D eigenvalue weighted by atomic mass is 16.2. The molecule has 0 radical (unpaired) electrons. The molecule has 0 unspecified atom stereocenters. The summed E-state index contributed by atoms with van der Waals surface area (Å²) in [6.07, 6.45) is 1.58. The maximum Gasteiger partial charge on any atom is 0.224 e. The molecule has 3 rings (SSSR count). The fourth-order valence-corrected chi connectivity index (χ4v) is 3.72. The van der Waals surface area contributed by atoms with Gasteiger partial charge < -0.3 is 10.2 Å². The van der Waals surface area contributed by atoms with Gasteiger partial charge in [0.05, 0.1) is 12.5 Å². The Bertz CT molecular complexity index is 812. The van der Waals surface area contributed by atoms with Gasteiger partial charge in [-0.15, -0.1) is 0 Å². The number of carbonyl (C=O) groups is 3. The molecule has 2 aromatic carbocycles. The summed E-state index contributed by atoms with van der Waals surface area (Å²) in [5.74, 6) is -0.0261. The predicted molar refractivity (Wildman–Crippen MR) is 108 cm³/mol. The van der Waals surface area contributed by atoms with Crippen molar-refractivity contribution >= 4 is 17.6 Å². The number of hydrogen-bond acceptors (Lipinski definition) is 3. The number of ketones is 1. The molecule has 1 aliphatic heterocycles. The van der Waals surface area contributed by atoms with Gasteiger partial charge in [0.25, 0.3) is 0 Å². The number of nitrogens with zero attached hydrogens (tertiary/aromatic N) is 1. The van der Waals surface area contributed by atoms with Crippen molar-refractivity contribution in [2.24, 2.45) is 5.92 Å². The van der Waals surface area contributed by atoms with Crippen LogP contribution in [-0.4, -0.2) is 35.6 Å². The zero-order valence-corrected chi connectivity index (χ0v) is 16.1. The number of nitrogens with one attached hydrogen (secondary N) is 1. The first-order chi connectivity index (χ1) is 13.5. The minimum atomic E-state index is -0.338. The van der Waals surface area contributed by atoms with E-state index in [0.717, 1.165) is 11.1 Å². The molecular formula is C23H26N2O3. The summed E-state index contributed by atoms with van der Waals surface area (Å²) >= 11 is 0. The molecule has 1 heterocycles. The lowest BCUT2D eigenvalue weighted by atomic mass is 9.88. The Morgan fingerprint density at radius 1 is 0.964 bits per heavy atom. The predicted octanol–water partition coefficient (Wildman–Crippen LogP) is 3.38. The summed E-state index contributed by atoms with van der Waals surface area (Å²) < 4.78 is 0. The van der Waals surface area contributed by atoms with Crippen molar-refractivity contribution in [1.82, 2.24) is 10.2 Å². The van der Waals surface area contributed by atoms with Crippen LogP contribution in [0.4, 0.5) is 0 Å². The minimum absolute atomic E-state index is 0.00760. The van der Waals surface area contributed by atoms with Crippen LogP contribution >= 0.6 is 0 Å². The Balaban J connectivity index is 1.58. The summed E-state index contributed by atoms with van der Waals surface area (Å²) in [7, 11) is 0. The van der Waals surface area contributed by atoms with Crippen LogP contribution in [0.25, 0.3) is 0 Å². The van der Waals surface area contributed by atoms with E-state index < -0.39 is 0 Å². The maximum absolute atomic E-state index is 12.8. The standard InChI is InChI=1S/C23H26N2O3/c1-17(26)24-21(18-8-4-2-5-9-18)16-22(27)25-14-12-20(13-15-25)23(28)19-10-6-3-7-11-19/h2-11,20-21H,12-16H2,1H3,(H,24,26)/t21-/m0/s1. The summed E-state index contributed by atoms with van der Waals surface area (Å²) in [5, 5.41) is 2.87. The van der Waals surface area contributed by atoms with E-state index >= 15 is 0 Å². The van der Waals surface area contributed by atoms with Gasteiger partial charge in [0.1, 0.15) is 0 Å². The molecule has 1 fully saturated rings. The van der Waals surface area contributed by atoms with Gasteiger partial charge in [-0.25, -0.2) is 0 Å². The highest BCUT2D eigenvalue weighted by Gasteiger charge is 2.29. The fraction of sp³-hybridized carbons (Fsp3) is 0.348. The van der Waals surface area contributed by atoms with Crippen LogP contribution in [0, 0.1) is 5.92 Å². The smallest absolute Gasteiger partial charge is 0.224 e. The van der Waals surface area contributed by atoms with Gasteiger partial charge >= 0.3 is 0 Å². The van der Waals surface area contributed by atoms with E-state index in [2.05, 4.69) is 5.32 Å². The van der Waals surface area contributed by atoms with E-state index in [1.165, 1.54) is 6.92 Å². The number of benzene rings is 2. The van der Waals surface area contributed by atoms with Crippen LogP contribution < -0.4 is 5.32 Å². The summed E-state index contributed by atoms with van der Waals surface area (Å²) in [6.45, 7) is 2.61. The van der Waals surface area contributed by atoms with Crippen molar-refractivity contribution in [3.8, 4) is 0 Å². The number of amides is 2. The summed E-state index contributed by atoms with van der Waals surface area (Å²) in [5.41, 5.74) is 1.65. The fourth-order valence-electron chi connectivity index (χ4n) is 3.72. The molecule has 5 heteroatoms. The van der Waals surface area contributed by atoms with Crippen molar-refractivity contribution in [3.05, 3.63) is 71.8 Å². The minimum Gasteiger partial charge on any atom is -0.349 e. The molecule has 1 aliphatic rings. The van der Waals surface area contributed by atoms with E-state index in [9.17, 15) is 14.4 Å². The third kappa shape index (κ3) is 5.06. The Morgan fingerprint density at radius 2 is 1.54 bits per heavy atom. The molecule has 146 valence electrons. The number of likely N-dealkylation sites (tertiary alicyclic amines) is 1. The lowest BCUT2D eigenvalue weighted by molar-refractivity contribution is -0.133. The van der Waals surface area contributed by atoms with Crippen LogP contribution in [0.2, 0.25) is 0 Å². The van der Waals surface area contributed by atoms with Gasteiger partial charge in [-0.1, -0.05) is 60.7 Å². The van der Waals surface area contributed by atoms with E-state index in [1.807, 2.05) is 65.6 Å². The molecular weight excluding hydrogens is 352 g/mol. The first-order valence-corrected chi connectivity index (χ1v) is 9.73. The lowest BCUT2D eigenvalue weighted by Crippen LogP contribution is -2.42. The average Bonchev–Trinajstić information content (AvgIpc) is 2.74. The SMILES string of the molecule is CC(=O)N[C@@H](CC(=O)N1CCC(C(=O)c2ccccc2)CC1)c1ccccc1. The van der Waals surface area contributed by atoms with Crippen LogP contribution in [0.1, 0.15) is 48.1 Å². The molecule has 2 aromatic rings. The van der Waals surface area contributed by atoms with Gasteiger partial charge in [-0.05, 0) is 18.4 Å². The second-order valence-electron chi connectivity index (χ2n) is 7.25. The van der Waals surface area contributed by atoms with E-state index in [1.54, 1.807) is 0 Å². The van der Waals surface area contributed by atoms with Crippen molar-refractivity contribution < 1.29 is 14.4 Å². The van der Waals surface area contributed by atoms with Crippen LogP contribution in [0.5, 0.6) is 0 Å². The van der Waals surface area contributed by atoms with E-state index in [-0.39, 0.29) is 36.0 Å². The second kappa shape index (κ2) is 9.31. The number of rotatable bonds is 6. The number of hydrogen-bond donors (Lipinski definition) is 1. The summed E-state index contributed by atoms with van der Waals surface area (Å²) in [4.78, 5) is 38.8. The molecule has 1 atom stereocenters. The number of carbonyl (C=O) groups excluding carboxylic acids is 3. The Hall–Kier alpha value is -2.95. The number of Topliss-reactive ketones (excluding diaryl/α,β-unsaturated/α-hetero) is 1. The molecule has 0 spiro atoms. The van der Waals surface area contributed by atoms with Crippen molar-refractivity contribution in [2.45, 2.75) is 32.2 Å². The van der Waals surface area contributed by atoms with Crippen LogP contribution in [-0.2, 0) is 9.59 Å². The second-order valence-corrected chi connectivity index (χ2v) is 7.25. The molecule has 0 aliphatic carbocycles. The molecule has 28 heavy (non-hydrogen) atoms. The van der Waals surface area contributed by atoms with Crippen LogP contribution in [0.3, 0.4) is 0 Å². The normalized spacial score (nSPS) is 15.7. The molecule has 2 amide bonds. The third-order valence-corrected chi connectivity index (χ3v) is 5.23.